The summed E-state index contributed by atoms with van der Waals surface area (Å²) in [5.74, 6) is 0.563. The fourth-order valence-electron chi connectivity index (χ4n) is 2.87. The zero-order valence-electron chi connectivity index (χ0n) is 17.3. The van der Waals surface area contributed by atoms with Gasteiger partial charge in [0.25, 0.3) is 11.5 Å². The van der Waals surface area contributed by atoms with Crippen molar-refractivity contribution in [2.75, 3.05) is 33.1 Å². The van der Waals surface area contributed by atoms with Crippen molar-refractivity contribution in [3.8, 4) is 17.6 Å². The zero-order valence-corrected chi connectivity index (χ0v) is 18.0. The molecule has 160 valence electrons. The molecule has 2 aromatic carbocycles. The number of carbonyl (C=O) groups excluding carboxylic acids is 1. The number of fused-ring (bicyclic) bond motifs is 1. The molecule has 0 spiro atoms. The van der Waals surface area contributed by atoms with Crippen LogP contribution in [0.1, 0.15) is 11.1 Å². The van der Waals surface area contributed by atoms with Gasteiger partial charge in [0.15, 0.2) is 6.61 Å². The summed E-state index contributed by atoms with van der Waals surface area (Å²) in [5, 5.41) is 13.2. The molecule has 0 aliphatic carbocycles. The maximum atomic E-state index is 12.6. The second-order valence-electron chi connectivity index (χ2n) is 6.92. The maximum Gasteiger partial charge on any atom is 0.259 e. The van der Waals surface area contributed by atoms with Crippen LogP contribution >= 0.6 is 11.6 Å². The van der Waals surface area contributed by atoms with Gasteiger partial charge in [-0.2, -0.15) is 5.26 Å². The van der Waals surface area contributed by atoms with Gasteiger partial charge in [-0.15, -0.1) is 0 Å². The molecule has 8 nitrogen and oxygen atoms in total. The molecule has 3 rings (SSSR count). The summed E-state index contributed by atoms with van der Waals surface area (Å²) < 4.78 is 10.7. The van der Waals surface area contributed by atoms with E-state index in [0.29, 0.717) is 33.8 Å². The summed E-state index contributed by atoms with van der Waals surface area (Å²) in [7, 11) is 4.76. The summed E-state index contributed by atoms with van der Waals surface area (Å²) in [6, 6.07) is 12.3. The number of pyridine rings is 1. The molecule has 0 bridgehead atoms. The molecule has 0 aliphatic heterocycles. The number of likely N-dealkylation sites (N-methyl/N-ethyl adjacent to an activating group) is 1. The third kappa shape index (κ3) is 4.90. The van der Waals surface area contributed by atoms with Crippen molar-refractivity contribution in [3.63, 3.8) is 0 Å². The number of methoxy groups -OCH3 is 1. The summed E-state index contributed by atoms with van der Waals surface area (Å²) in [6.07, 6.45) is 0. The molecule has 0 fully saturated rings. The van der Waals surface area contributed by atoms with Crippen LogP contribution in [-0.4, -0.2) is 43.6 Å². The molecule has 31 heavy (non-hydrogen) atoms. The Morgan fingerprint density at radius 2 is 2.00 bits per heavy atom. The minimum absolute atomic E-state index is 0.154. The molecule has 0 aliphatic rings. The maximum absolute atomic E-state index is 12.6. The monoisotopic (exact) mass is 440 g/mol. The second kappa shape index (κ2) is 9.41. The molecular formula is C22H21ClN4O4. The largest absolute Gasteiger partial charge is 0.495 e. The van der Waals surface area contributed by atoms with E-state index in [1.54, 1.807) is 50.5 Å². The molecular weight excluding hydrogens is 420 g/mol. The number of nitrogens with one attached hydrogen (secondary N) is 2. The number of halogens is 1. The van der Waals surface area contributed by atoms with Crippen LogP contribution in [0.25, 0.3) is 10.9 Å². The van der Waals surface area contributed by atoms with Crippen molar-refractivity contribution in [2.45, 2.75) is 6.54 Å². The Hall–Kier alpha value is -3.70. The number of H-pyrrole nitrogens is 1. The fraction of sp³-hybridized carbons (Fsp3) is 0.227. The Kier molecular flexibility index (Phi) is 6.68. The molecule has 3 aromatic rings. The first-order chi connectivity index (χ1) is 14.8. The lowest BCUT2D eigenvalue weighted by Crippen LogP contribution is -2.27. The lowest BCUT2D eigenvalue weighted by molar-refractivity contribution is -0.130. The van der Waals surface area contributed by atoms with Crippen LogP contribution in [-0.2, 0) is 11.3 Å². The number of nitriles is 1. The van der Waals surface area contributed by atoms with Crippen molar-refractivity contribution in [1.82, 2.24) is 9.88 Å². The van der Waals surface area contributed by atoms with Gasteiger partial charge in [0.05, 0.1) is 18.2 Å². The van der Waals surface area contributed by atoms with Gasteiger partial charge in [-0.1, -0.05) is 11.6 Å². The number of carbonyl (C=O) groups is 1. The number of amides is 1. The number of anilines is 1. The van der Waals surface area contributed by atoms with E-state index in [1.165, 1.54) is 12.0 Å². The highest BCUT2D eigenvalue weighted by Gasteiger charge is 2.13. The minimum atomic E-state index is -0.302. The molecule has 1 aromatic heterocycles. The first kappa shape index (κ1) is 22.0. The molecule has 2 N–H and O–H groups in total. The summed E-state index contributed by atoms with van der Waals surface area (Å²) in [6.45, 7) is 0.103. The Bertz CT molecular complexity index is 1230. The lowest BCUT2D eigenvalue weighted by atomic mass is 10.1. The first-order valence-corrected chi connectivity index (χ1v) is 9.71. The average molecular weight is 441 g/mol. The molecule has 0 radical (unpaired) electrons. The summed E-state index contributed by atoms with van der Waals surface area (Å²) in [4.78, 5) is 28.5. The number of benzene rings is 2. The molecule has 0 saturated heterocycles. The topological polar surface area (TPSA) is 107 Å². The van der Waals surface area contributed by atoms with Crippen molar-refractivity contribution in [1.29, 1.82) is 5.26 Å². The number of hydrogen-bond acceptors (Lipinski definition) is 6. The Balaban J connectivity index is 1.81. The first-order valence-electron chi connectivity index (χ1n) is 9.33. The number of rotatable bonds is 7. The Morgan fingerprint density at radius 1 is 1.23 bits per heavy atom. The van der Waals surface area contributed by atoms with Gasteiger partial charge >= 0.3 is 0 Å². The number of ether oxygens (including phenoxy) is 2. The van der Waals surface area contributed by atoms with Crippen LogP contribution in [0.3, 0.4) is 0 Å². The third-order valence-corrected chi connectivity index (χ3v) is 5.03. The average Bonchev–Trinajstić information content (AvgIpc) is 2.77. The van der Waals surface area contributed by atoms with Crippen LogP contribution < -0.4 is 20.3 Å². The van der Waals surface area contributed by atoms with E-state index in [9.17, 15) is 9.59 Å². The smallest absolute Gasteiger partial charge is 0.259 e. The highest BCUT2D eigenvalue weighted by molar-refractivity contribution is 6.36. The van der Waals surface area contributed by atoms with Gasteiger partial charge in [-0.25, -0.2) is 0 Å². The van der Waals surface area contributed by atoms with Crippen LogP contribution in [0.5, 0.6) is 11.5 Å². The van der Waals surface area contributed by atoms with Gasteiger partial charge < -0.3 is 24.7 Å². The van der Waals surface area contributed by atoms with E-state index in [-0.39, 0.29) is 29.6 Å². The molecule has 1 amide bonds. The number of aromatic amines is 1. The molecule has 0 saturated carbocycles. The van der Waals surface area contributed by atoms with Crippen molar-refractivity contribution in [2.24, 2.45) is 0 Å². The predicted molar refractivity (Wildman–Crippen MR) is 119 cm³/mol. The van der Waals surface area contributed by atoms with Gasteiger partial charge in [-0.05, 0) is 30.3 Å². The summed E-state index contributed by atoms with van der Waals surface area (Å²) >= 11 is 6.39. The van der Waals surface area contributed by atoms with Crippen LogP contribution in [0.4, 0.5) is 5.69 Å². The fourth-order valence-corrected chi connectivity index (χ4v) is 3.14. The van der Waals surface area contributed by atoms with E-state index >= 15 is 0 Å². The summed E-state index contributed by atoms with van der Waals surface area (Å²) in [5.41, 5.74) is 1.77. The van der Waals surface area contributed by atoms with E-state index in [0.717, 1.165) is 5.39 Å². The van der Waals surface area contributed by atoms with Crippen molar-refractivity contribution < 1.29 is 14.3 Å². The van der Waals surface area contributed by atoms with Crippen molar-refractivity contribution in [3.05, 3.63) is 62.9 Å². The van der Waals surface area contributed by atoms with Crippen LogP contribution in [0.2, 0.25) is 5.02 Å². The van der Waals surface area contributed by atoms with Gasteiger partial charge in [0, 0.05) is 43.3 Å². The van der Waals surface area contributed by atoms with E-state index in [2.05, 4.69) is 16.4 Å². The third-order valence-electron chi connectivity index (χ3n) is 4.65. The van der Waals surface area contributed by atoms with E-state index in [1.807, 2.05) is 0 Å². The highest BCUT2D eigenvalue weighted by Crippen LogP contribution is 2.31. The Morgan fingerprint density at radius 3 is 2.68 bits per heavy atom. The second-order valence-corrected chi connectivity index (χ2v) is 7.30. The number of nitrogens with zero attached hydrogens (tertiary/aromatic N) is 2. The SMILES string of the molecule is COc1cc(NCc2cc3ccc(OCC(=O)N(C)C)c(Cl)c3[nH]c2=O)ccc1C#N. The molecule has 0 atom stereocenters. The predicted octanol–water partition coefficient (Wildman–Crippen LogP) is 3.14. The normalized spacial score (nSPS) is 10.4. The van der Waals surface area contributed by atoms with Gasteiger partial charge in [0.2, 0.25) is 0 Å². The quantitative estimate of drug-likeness (QED) is 0.584. The van der Waals surface area contributed by atoms with Crippen LogP contribution in [0, 0.1) is 11.3 Å². The molecule has 0 unspecified atom stereocenters. The standard InChI is InChI=1S/C22H21ClN4O4/c1-27(2)19(28)12-31-17-7-5-13-8-15(22(29)26-21(13)20(17)23)11-25-16-6-4-14(10-24)18(9-16)30-3/h4-9,25H,11-12H2,1-3H3,(H,26,29). The number of hydrogen-bond donors (Lipinski definition) is 2. The molecule has 1 heterocycles. The zero-order chi connectivity index (χ0) is 22.5. The van der Waals surface area contributed by atoms with Crippen LogP contribution in [0.15, 0.2) is 41.2 Å². The van der Waals surface area contributed by atoms with Gasteiger partial charge in [-0.3, -0.25) is 9.59 Å². The Labute approximate surface area is 184 Å². The van der Waals surface area contributed by atoms with E-state index < -0.39 is 0 Å². The van der Waals surface area contributed by atoms with Gasteiger partial charge in [0.1, 0.15) is 22.6 Å². The lowest BCUT2D eigenvalue weighted by Gasteiger charge is -2.13. The molecule has 9 heteroatoms. The van der Waals surface area contributed by atoms with Crippen molar-refractivity contribution >= 4 is 34.1 Å². The highest BCUT2D eigenvalue weighted by atomic mass is 35.5. The minimum Gasteiger partial charge on any atom is -0.495 e. The number of aromatic nitrogens is 1. The van der Waals surface area contributed by atoms with E-state index in [4.69, 9.17) is 26.3 Å².